The summed E-state index contributed by atoms with van der Waals surface area (Å²) in [5, 5.41) is 5.73. The molecule has 0 fully saturated rings. The molecule has 21 heavy (non-hydrogen) atoms. The molecule has 3 aromatic rings. The minimum Gasteiger partial charge on any atom is -0.309 e. The number of nitrogens with one attached hydrogen (secondary N) is 1. The lowest BCUT2D eigenvalue weighted by molar-refractivity contribution is 0.616. The minimum atomic E-state index is -0.243. The smallest absolute Gasteiger partial charge is 0.137 e. The SMILES string of the molecule is CNC(c1ccc(F)c(Br)c1)c1ccc2ccccc2c1. The van der Waals surface area contributed by atoms with Crippen molar-refractivity contribution in [3.05, 3.63) is 82.1 Å². The van der Waals surface area contributed by atoms with Crippen molar-refractivity contribution < 1.29 is 4.39 Å². The Bertz CT molecular complexity index is 785. The lowest BCUT2D eigenvalue weighted by atomic mass is 9.96. The van der Waals surface area contributed by atoms with Crippen molar-refractivity contribution in [2.24, 2.45) is 0 Å². The highest BCUT2D eigenvalue weighted by Crippen LogP contribution is 2.28. The van der Waals surface area contributed by atoms with Gasteiger partial charge in [-0.3, -0.25) is 0 Å². The molecule has 1 N–H and O–H groups in total. The van der Waals surface area contributed by atoms with Gasteiger partial charge in [0, 0.05) is 0 Å². The molecule has 0 saturated carbocycles. The second kappa shape index (κ2) is 5.96. The van der Waals surface area contributed by atoms with Crippen molar-refractivity contribution >= 4 is 26.7 Å². The average molecular weight is 344 g/mol. The number of benzene rings is 3. The van der Waals surface area contributed by atoms with Gasteiger partial charge in [-0.2, -0.15) is 0 Å². The molecule has 0 radical (unpaired) electrons. The van der Waals surface area contributed by atoms with Gasteiger partial charge in [-0.05, 0) is 63.1 Å². The molecule has 1 atom stereocenters. The van der Waals surface area contributed by atoms with E-state index in [1.165, 1.54) is 16.8 Å². The first kappa shape index (κ1) is 14.2. The Labute approximate surface area is 131 Å². The summed E-state index contributed by atoms with van der Waals surface area (Å²) in [4.78, 5) is 0. The first-order chi connectivity index (χ1) is 10.2. The average Bonchev–Trinajstić information content (AvgIpc) is 2.51. The molecule has 106 valence electrons. The zero-order valence-corrected chi connectivity index (χ0v) is 13.2. The standard InChI is InChI=1S/C18H15BrFN/c1-21-18(15-8-9-17(20)16(19)11-15)14-7-6-12-4-2-3-5-13(12)10-14/h2-11,18,21H,1H3. The highest BCUT2D eigenvalue weighted by atomic mass is 79.9. The van der Waals surface area contributed by atoms with E-state index in [0.717, 1.165) is 11.1 Å². The molecule has 3 heteroatoms. The molecule has 0 heterocycles. The van der Waals surface area contributed by atoms with Crippen LogP contribution in [0.1, 0.15) is 17.2 Å². The molecule has 0 aliphatic rings. The third kappa shape index (κ3) is 2.85. The number of hydrogen-bond donors (Lipinski definition) is 1. The van der Waals surface area contributed by atoms with Gasteiger partial charge in [-0.1, -0.05) is 42.5 Å². The Balaban J connectivity index is 2.06. The van der Waals surface area contributed by atoms with E-state index in [-0.39, 0.29) is 11.9 Å². The molecule has 3 aromatic carbocycles. The van der Waals surface area contributed by atoms with Crippen molar-refractivity contribution in [1.29, 1.82) is 0 Å². The molecule has 0 saturated heterocycles. The molecule has 0 bridgehead atoms. The predicted octanol–water partition coefficient (Wildman–Crippen LogP) is 5.05. The molecule has 0 aromatic heterocycles. The maximum atomic E-state index is 13.4. The molecular formula is C18H15BrFN. The Hall–Kier alpha value is -1.71. The third-order valence-electron chi connectivity index (χ3n) is 3.67. The molecule has 0 aliphatic heterocycles. The van der Waals surface area contributed by atoms with Gasteiger partial charge in [0.05, 0.1) is 10.5 Å². The lowest BCUT2D eigenvalue weighted by Crippen LogP contribution is -2.17. The van der Waals surface area contributed by atoms with Gasteiger partial charge in [-0.25, -0.2) is 4.39 Å². The largest absolute Gasteiger partial charge is 0.309 e. The van der Waals surface area contributed by atoms with Gasteiger partial charge in [0.2, 0.25) is 0 Å². The minimum absolute atomic E-state index is 0.0338. The van der Waals surface area contributed by atoms with Crippen LogP contribution in [0.4, 0.5) is 4.39 Å². The summed E-state index contributed by atoms with van der Waals surface area (Å²) >= 11 is 3.25. The van der Waals surface area contributed by atoms with Crippen molar-refractivity contribution in [3.63, 3.8) is 0 Å². The summed E-state index contributed by atoms with van der Waals surface area (Å²) in [7, 11) is 1.91. The molecule has 0 aliphatic carbocycles. The number of halogens is 2. The first-order valence-corrected chi connectivity index (χ1v) is 7.59. The summed E-state index contributed by atoms with van der Waals surface area (Å²) in [5.74, 6) is -0.243. The van der Waals surface area contributed by atoms with Crippen LogP contribution in [0.5, 0.6) is 0 Å². The maximum absolute atomic E-state index is 13.4. The molecule has 1 nitrogen and oxygen atoms in total. The van der Waals surface area contributed by atoms with E-state index in [2.05, 4.69) is 51.6 Å². The van der Waals surface area contributed by atoms with Crippen LogP contribution >= 0.6 is 15.9 Å². The van der Waals surface area contributed by atoms with Crippen molar-refractivity contribution in [2.45, 2.75) is 6.04 Å². The Kier molecular flexibility index (Phi) is 4.04. The van der Waals surface area contributed by atoms with Crippen LogP contribution in [0.3, 0.4) is 0 Å². The second-order valence-corrected chi connectivity index (χ2v) is 5.86. The molecule has 1 unspecified atom stereocenters. The van der Waals surface area contributed by atoms with Crippen LogP contribution in [0, 0.1) is 5.82 Å². The van der Waals surface area contributed by atoms with Crippen molar-refractivity contribution in [1.82, 2.24) is 5.32 Å². The third-order valence-corrected chi connectivity index (χ3v) is 4.28. The monoisotopic (exact) mass is 343 g/mol. The van der Waals surface area contributed by atoms with Crippen LogP contribution in [0.2, 0.25) is 0 Å². The summed E-state index contributed by atoms with van der Waals surface area (Å²) in [6.45, 7) is 0. The highest BCUT2D eigenvalue weighted by Gasteiger charge is 2.13. The van der Waals surface area contributed by atoms with Crippen LogP contribution in [-0.2, 0) is 0 Å². The summed E-state index contributed by atoms with van der Waals surface area (Å²) < 4.78 is 13.9. The summed E-state index contributed by atoms with van der Waals surface area (Å²) in [6, 6.07) is 19.8. The van der Waals surface area contributed by atoms with E-state index >= 15 is 0 Å². The number of rotatable bonds is 3. The zero-order chi connectivity index (χ0) is 14.8. The lowest BCUT2D eigenvalue weighted by Gasteiger charge is -2.18. The van der Waals surface area contributed by atoms with Crippen LogP contribution in [-0.4, -0.2) is 7.05 Å². The summed E-state index contributed by atoms with van der Waals surface area (Å²) in [5.41, 5.74) is 2.19. The van der Waals surface area contributed by atoms with Crippen LogP contribution < -0.4 is 5.32 Å². The maximum Gasteiger partial charge on any atom is 0.137 e. The number of hydrogen-bond acceptors (Lipinski definition) is 1. The quantitative estimate of drug-likeness (QED) is 0.701. The van der Waals surface area contributed by atoms with Gasteiger partial charge in [-0.15, -0.1) is 0 Å². The van der Waals surface area contributed by atoms with Gasteiger partial charge in [0.15, 0.2) is 0 Å². The highest BCUT2D eigenvalue weighted by molar-refractivity contribution is 9.10. The zero-order valence-electron chi connectivity index (χ0n) is 11.6. The fourth-order valence-electron chi connectivity index (χ4n) is 2.61. The van der Waals surface area contributed by atoms with Gasteiger partial charge in [0.1, 0.15) is 5.82 Å². The number of fused-ring (bicyclic) bond motifs is 1. The van der Waals surface area contributed by atoms with E-state index in [1.807, 2.05) is 31.3 Å². The van der Waals surface area contributed by atoms with E-state index in [9.17, 15) is 4.39 Å². The topological polar surface area (TPSA) is 12.0 Å². The molecule has 3 rings (SSSR count). The Morgan fingerprint density at radius 2 is 1.57 bits per heavy atom. The second-order valence-electron chi connectivity index (χ2n) is 5.00. The van der Waals surface area contributed by atoms with E-state index in [1.54, 1.807) is 0 Å². The van der Waals surface area contributed by atoms with Gasteiger partial charge < -0.3 is 5.32 Å². The van der Waals surface area contributed by atoms with Crippen molar-refractivity contribution in [2.75, 3.05) is 7.05 Å². The fourth-order valence-corrected chi connectivity index (χ4v) is 3.00. The van der Waals surface area contributed by atoms with Crippen molar-refractivity contribution in [3.8, 4) is 0 Å². The summed E-state index contributed by atoms with van der Waals surface area (Å²) in [6.07, 6.45) is 0. The Morgan fingerprint density at radius 1 is 0.905 bits per heavy atom. The molecule has 0 amide bonds. The first-order valence-electron chi connectivity index (χ1n) is 6.80. The van der Waals surface area contributed by atoms with E-state index in [0.29, 0.717) is 4.47 Å². The van der Waals surface area contributed by atoms with Gasteiger partial charge in [0.25, 0.3) is 0 Å². The molecular weight excluding hydrogens is 329 g/mol. The normalized spacial score (nSPS) is 12.5. The Morgan fingerprint density at radius 3 is 2.29 bits per heavy atom. The van der Waals surface area contributed by atoms with Gasteiger partial charge >= 0.3 is 0 Å². The van der Waals surface area contributed by atoms with E-state index < -0.39 is 0 Å². The predicted molar refractivity (Wildman–Crippen MR) is 89.0 cm³/mol. The van der Waals surface area contributed by atoms with E-state index in [4.69, 9.17) is 0 Å². The fraction of sp³-hybridized carbons (Fsp3) is 0.111. The molecule has 0 spiro atoms. The van der Waals surface area contributed by atoms with Crippen LogP contribution in [0.15, 0.2) is 65.1 Å². The van der Waals surface area contributed by atoms with Crippen LogP contribution in [0.25, 0.3) is 10.8 Å².